The maximum absolute atomic E-state index is 13.3. The molecule has 0 heterocycles. The Morgan fingerprint density at radius 3 is 2.33 bits per heavy atom. The molecule has 1 fully saturated rings. The quantitative estimate of drug-likeness (QED) is 0.845. The summed E-state index contributed by atoms with van der Waals surface area (Å²) >= 11 is 0. The molecular formula is C15H21F2N. The molecule has 0 atom stereocenters. The second kappa shape index (κ2) is 5.35. The van der Waals surface area contributed by atoms with Crippen molar-refractivity contribution in [1.82, 2.24) is 5.32 Å². The van der Waals surface area contributed by atoms with Crippen LogP contribution in [0.1, 0.15) is 38.2 Å². The molecule has 3 heteroatoms. The Bertz CT molecular complexity index is 391. The topological polar surface area (TPSA) is 12.0 Å². The van der Waals surface area contributed by atoms with Gasteiger partial charge in [0.2, 0.25) is 0 Å². The lowest BCUT2D eigenvalue weighted by molar-refractivity contribution is 0.130. The molecule has 2 rings (SSSR count). The van der Waals surface area contributed by atoms with Crippen LogP contribution in [0.2, 0.25) is 0 Å². The van der Waals surface area contributed by atoms with Gasteiger partial charge in [-0.25, -0.2) is 8.78 Å². The van der Waals surface area contributed by atoms with E-state index in [9.17, 15) is 8.78 Å². The molecule has 1 saturated carbocycles. The van der Waals surface area contributed by atoms with Crippen molar-refractivity contribution in [2.24, 2.45) is 5.92 Å². The molecule has 100 valence electrons. The third-order valence-corrected chi connectivity index (χ3v) is 4.05. The third kappa shape index (κ3) is 2.56. The minimum absolute atomic E-state index is 0.0719. The molecule has 1 aromatic rings. The average Bonchev–Trinajstić information content (AvgIpc) is 2.24. The molecule has 0 radical (unpaired) electrons. The number of rotatable bonds is 5. The van der Waals surface area contributed by atoms with Gasteiger partial charge in [0, 0.05) is 18.0 Å². The van der Waals surface area contributed by atoms with Crippen LogP contribution < -0.4 is 5.32 Å². The van der Waals surface area contributed by atoms with Crippen LogP contribution in [0.5, 0.6) is 0 Å². The Morgan fingerprint density at radius 2 is 1.83 bits per heavy atom. The zero-order valence-corrected chi connectivity index (χ0v) is 11.1. The summed E-state index contributed by atoms with van der Waals surface area (Å²) in [5.74, 6) is -0.242. The van der Waals surface area contributed by atoms with Crippen molar-refractivity contribution in [3.63, 3.8) is 0 Å². The van der Waals surface area contributed by atoms with E-state index in [4.69, 9.17) is 0 Å². The molecule has 0 bridgehead atoms. The first-order valence-corrected chi connectivity index (χ1v) is 6.71. The Kier molecular flexibility index (Phi) is 4.00. The van der Waals surface area contributed by atoms with Gasteiger partial charge in [-0.2, -0.15) is 0 Å². The number of hydrogen-bond acceptors (Lipinski definition) is 1. The van der Waals surface area contributed by atoms with Gasteiger partial charge >= 0.3 is 0 Å². The molecule has 0 unspecified atom stereocenters. The van der Waals surface area contributed by atoms with E-state index in [-0.39, 0.29) is 5.41 Å². The minimum Gasteiger partial charge on any atom is -0.319 e. The number of likely N-dealkylation sites (N-methyl/N-ethyl adjacent to an activating group) is 1. The molecule has 0 spiro atoms. The molecule has 1 aliphatic rings. The smallest absolute Gasteiger partial charge is 0.126 e. The van der Waals surface area contributed by atoms with E-state index in [0.717, 1.165) is 31.0 Å². The van der Waals surface area contributed by atoms with Gasteiger partial charge in [-0.15, -0.1) is 0 Å². The first-order valence-electron chi connectivity index (χ1n) is 6.71. The minimum atomic E-state index is -0.473. The van der Waals surface area contributed by atoms with Crippen molar-refractivity contribution in [3.05, 3.63) is 35.4 Å². The third-order valence-electron chi connectivity index (χ3n) is 4.05. The summed E-state index contributed by atoms with van der Waals surface area (Å²) in [5, 5.41) is 3.17. The van der Waals surface area contributed by atoms with Crippen molar-refractivity contribution in [3.8, 4) is 0 Å². The summed E-state index contributed by atoms with van der Waals surface area (Å²) in [6, 6.07) is 3.92. The highest BCUT2D eigenvalue weighted by Crippen LogP contribution is 2.49. The first-order chi connectivity index (χ1) is 8.59. The van der Waals surface area contributed by atoms with E-state index in [1.165, 1.54) is 25.0 Å². The van der Waals surface area contributed by atoms with Crippen molar-refractivity contribution >= 4 is 0 Å². The predicted molar refractivity (Wildman–Crippen MR) is 69.6 cm³/mol. The van der Waals surface area contributed by atoms with Crippen LogP contribution in [0.15, 0.2) is 18.2 Å². The molecule has 1 aromatic carbocycles. The Hall–Kier alpha value is -0.960. The number of nitrogens with one attached hydrogen (secondary N) is 1. The zero-order valence-electron chi connectivity index (χ0n) is 11.1. The first kappa shape index (κ1) is 13.5. The number of benzene rings is 1. The highest BCUT2D eigenvalue weighted by atomic mass is 19.1. The lowest BCUT2D eigenvalue weighted by atomic mass is 9.57. The van der Waals surface area contributed by atoms with E-state index in [1.807, 2.05) is 7.05 Å². The van der Waals surface area contributed by atoms with Crippen molar-refractivity contribution < 1.29 is 8.78 Å². The van der Waals surface area contributed by atoms with Gasteiger partial charge in [-0.05, 0) is 43.5 Å². The van der Waals surface area contributed by atoms with Gasteiger partial charge in [-0.1, -0.05) is 19.8 Å². The molecule has 0 amide bonds. The van der Waals surface area contributed by atoms with Gasteiger partial charge in [0.25, 0.3) is 0 Å². The van der Waals surface area contributed by atoms with Crippen molar-refractivity contribution in [2.75, 3.05) is 13.6 Å². The van der Waals surface area contributed by atoms with Gasteiger partial charge in [0.05, 0.1) is 0 Å². The van der Waals surface area contributed by atoms with Crippen molar-refractivity contribution in [1.29, 1.82) is 0 Å². The molecule has 1 N–H and O–H groups in total. The highest BCUT2D eigenvalue weighted by molar-refractivity contribution is 5.31. The lowest BCUT2D eigenvalue weighted by Crippen LogP contribution is -2.48. The van der Waals surface area contributed by atoms with Crippen molar-refractivity contribution in [2.45, 2.75) is 38.0 Å². The largest absolute Gasteiger partial charge is 0.319 e. The van der Waals surface area contributed by atoms with E-state index >= 15 is 0 Å². The Balaban J connectivity index is 2.21. The highest BCUT2D eigenvalue weighted by Gasteiger charge is 2.44. The monoisotopic (exact) mass is 253 g/mol. The normalized spacial score (nSPS) is 27.0. The van der Waals surface area contributed by atoms with Gasteiger partial charge in [0.15, 0.2) is 0 Å². The summed E-state index contributed by atoms with van der Waals surface area (Å²) in [5.41, 5.74) is 0.735. The van der Waals surface area contributed by atoms with Crippen LogP contribution in [0.25, 0.3) is 0 Å². The van der Waals surface area contributed by atoms with Crippen LogP contribution in [-0.2, 0) is 5.41 Å². The van der Waals surface area contributed by atoms with E-state index in [1.54, 1.807) is 0 Å². The summed E-state index contributed by atoms with van der Waals surface area (Å²) < 4.78 is 26.7. The van der Waals surface area contributed by atoms with Gasteiger partial charge < -0.3 is 5.32 Å². The Morgan fingerprint density at radius 1 is 1.22 bits per heavy atom. The summed E-state index contributed by atoms with van der Waals surface area (Å²) in [6.07, 6.45) is 4.45. The van der Waals surface area contributed by atoms with E-state index in [0.29, 0.717) is 5.92 Å². The summed E-state index contributed by atoms with van der Waals surface area (Å²) in [7, 11) is 1.89. The van der Waals surface area contributed by atoms with Crippen LogP contribution in [-0.4, -0.2) is 13.6 Å². The summed E-state index contributed by atoms with van der Waals surface area (Å²) in [6.45, 7) is 2.97. The number of hydrogen-bond donors (Lipinski definition) is 1. The number of halogens is 2. The molecular weight excluding hydrogens is 232 g/mol. The second-order valence-electron chi connectivity index (χ2n) is 5.53. The van der Waals surface area contributed by atoms with E-state index < -0.39 is 11.6 Å². The fourth-order valence-corrected chi connectivity index (χ4v) is 3.34. The maximum Gasteiger partial charge on any atom is 0.126 e. The maximum atomic E-state index is 13.3. The fourth-order valence-electron chi connectivity index (χ4n) is 3.34. The predicted octanol–water partition coefficient (Wildman–Crippen LogP) is 3.63. The molecule has 0 aliphatic heterocycles. The zero-order chi connectivity index (χ0) is 13.2. The summed E-state index contributed by atoms with van der Waals surface area (Å²) in [4.78, 5) is 0. The lowest BCUT2D eigenvalue weighted by Gasteiger charge is -2.48. The van der Waals surface area contributed by atoms with Gasteiger partial charge in [0.1, 0.15) is 11.6 Å². The van der Waals surface area contributed by atoms with Crippen LogP contribution in [0, 0.1) is 17.6 Å². The Labute approximate surface area is 108 Å². The standard InChI is InChI=1S/C15H21F2N/c1-3-4-11-8-15(9-11,10-18-2)12-5-13(16)7-14(17)6-12/h5-7,11,18H,3-4,8-10H2,1-2H3. The molecule has 1 aliphatic carbocycles. The molecule has 0 saturated heterocycles. The molecule has 18 heavy (non-hydrogen) atoms. The van der Waals surface area contributed by atoms with Crippen LogP contribution in [0.4, 0.5) is 8.78 Å². The van der Waals surface area contributed by atoms with Crippen LogP contribution >= 0.6 is 0 Å². The fraction of sp³-hybridized carbons (Fsp3) is 0.600. The van der Waals surface area contributed by atoms with E-state index in [2.05, 4.69) is 12.2 Å². The molecule has 1 nitrogen and oxygen atoms in total. The molecule has 0 aromatic heterocycles. The average molecular weight is 253 g/mol. The van der Waals surface area contributed by atoms with Gasteiger partial charge in [-0.3, -0.25) is 0 Å². The SMILES string of the molecule is CCCC1CC(CNC)(c2cc(F)cc(F)c2)C1. The van der Waals surface area contributed by atoms with Crippen LogP contribution in [0.3, 0.4) is 0 Å². The second-order valence-corrected chi connectivity index (χ2v) is 5.53.